The predicted molar refractivity (Wildman–Crippen MR) is 76.9 cm³/mol. The van der Waals surface area contributed by atoms with Crippen LogP contribution in [0.25, 0.3) is 0 Å². The highest BCUT2D eigenvalue weighted by atomic mass is 35.5. The third-order valence-corrected chi connectivity index (χ3v) is 3.86. The second-order valence-corrected chi connectivity index (χ2v) is 5.67. The summed E-state index contributed by atoms with van der Waals surface area (Å²) in [6.07, 6.45) is 1.63. The molecule has 1 aromatic carbocycles. The Hall–Kier alpha value is -0.970. The van der Waals surface area contributed by atoms with Gasteiger partial charge in [-0.2, -0.15) is 0 Å². The quantitative estimate of drug-likeness (QED) is 0.736. The molecule has 1 aromatic rings. The number of phenolic OH excluding ortho intramolecular Hbond substituents is 1. The highest BCUT2D eigenvalue weighted by molar-refractivity contribution is 6.37. The maximum atomic E-state index is 12.1. The van der Waals surface area contributed by atoms with Crippen molar-refractivity contribution in [3.63, 3.8) is 0 Å². The van der Waals surface area contributed by atoms with Crippen LogP contribution < -0.4 is 10.6 Å². The highest BCUT2D eigenvalue weighted by Crippen LogP contribution is 2.34. The molecule has 104 valence electrons. The summed E-state index contributed by atoms with van der Waals surface area (Å²) in [6.45, 7) is 2.91. The summed E-state index contributed by atoms with van der Waals surface area (Å²) in [6, 6.07) is 3.33. The van der Waals surface area contributed by atoms with Gasteiger partial charge in [0.05, 0.1) is 10.0 Å². The van der Waals surface area contributed by atoms with E-state index >= 15 is 0 Å². The van der Waals surface area contributed by atoms with E-state index in [4.69, 9.17) is 23.2 Å². The van der Waals surface area contributed by atoms with Gasteiger partial charge >= 0.3 is 0 Å². The molecule has 2 atom stereocenters. The summed E-state index contributed by atoms with van der Waals surface area (Å²) in [7, 11) is 0. The summed E-state index contributed by atoms with van der Waals surface area (Å²) in [5.74, 6) is -0.217. The van der Waals surface area contributed by atoms with E-state index < -0.39 is 0 Å². The number of benzene rings is 1. The Bertz CT molecular complexity index is 471. The first kappa shape index (κ1) is 14.4. The molecule has 1 aliphatic heterocycles. The van der Waals surface area contributed by atoms with Crippen LogP contribution in [0.3, 0.4) is 0 Å². The molecule has 1 heterocycles. The number of hydrogen-bond donors (Lipinski definition) is 3. The number of anilines is 1. The molecule has 2 rings (SSSR count). The Kier molecular flexibility index (Phi) is 4.55. The fourth-order valence-corrected chi connectivity index (χ4v) is 2.74. The van der Waals surface area contributed by atoms with Crippen LogP contribution in [0.2, 0.25) is 10.0 Å². The average Bonchev–Trinajstić information content (AvgIpc) is 2.36. The monoisotopic (exact) mass is 302 g/mol. The molecule has 2 unspecified atom stereocenters. The lowest BCUT2D eigenvalue weighted by Gasteiger charge is -2.27. The summed E-state index contributed by atoms with van der Waals surface area (Å²) in [4.78, 5) is 12.1. The zero-order valence-corrected chi connectivity index (χ0v) is 12.1. The van der Waals surface area contributed by atoms with E-state index in [9.17, 15) is 9.90 Å². The number of carbonyl (C=O) groups excluding carboxylic acids is 1. The lowest BCUT2D eigenvalue weighted by molar-refractivity contribution is -0.120. The molecule has 4 nitrogen and oxygen atoms in total. The third-order valence-electron chi connectivity index (χ3n) is 3.28. The first-order valence-corrected chi connectivity index (χ1v) is 6.95. The van der Waals surface area contributed by atoms with Gasteiger partial charge in [-0.15, -0.1) is 0 Å². The Morgan fingerprint density at radius 1 is 1.42 bits per heavy atom. The van der Waals surface area contributed by atoms with E-state index in [0.29, 0.717) is 11.7 Å². The largest absolute Gasteiger partial charge is 0.505 e. The van der Waals surface area contributed by atoms with Crippen LogP contribution in [-0.2, 0) is 4.79 Å². The zero-order valence-electron chi connectivity index (χ0n) is 10.5. The molecule has 19 heavy (non-hydrogen) atoms. The molecular formula is C13H16Cl2N2O2. The van der Waals surface area contributed by atoms with Gasteiger partial charge in [-0.1, -0.05) is 23.2 Å². The first-order chi connectivity index (χ1) is 8.97. The maximum absolute atomic E-state index is 12.1. The number of phenols is 1. The highest BCUT2D eigenvalue weighted by Gasteiger charge is 2.24. The second kappa shape index (κ2) is 5.99. The van der Waals surface area contributed by atoms with Crippen molar-refractivity contribution in [1.29, 1.82) is 0 Å². The molecule has 1 saturated heterocycles. The normalized spacial score (nSPS) is 23.1. The number of nitrogens with one attached hydrogen (secondary N) is 2. The van der Waals surface area contributed by atoms with Crippen molar-refractivity contribution in [1.82, 2.24) is 5.32 Å². The zero-order chi connectivity index (χ0) is 14.0. The van der Waals surface area contributed by atoms with Crippen molar-refractivity contribution in [3.05, 3.63) is 22.2 Å². The van der Waals surface area contributed by atoms with Crippen molar-refractivity contribution < 1.29 is 9.90 Å². The number of halogens is 2. The molecule has 0 radical (unpaired) electrons. The van der Waals surface area contributed by atoms with E-state index in [1.165, 1.54) is 12.1 Å². The van der Waals surface area contributed by atoms with Crippen LogP contribution in [0, 0.1) is 5.92 Å². The molecule has 6 heteroatoms. The van der Waals surface area contributed by atoms with E-state index in [2.05, 4.69) is 17.6 Å². The fourth-order valence-electron chi connectivity index (χ4n) is 2.25. The lowest BCUT2D eigenvalue weighted by Crippen LogP contribution is -2.40. The molecule has 0 aliphatic carbocycles. The Morgan fingerprint density at radius 2 is 2.05 bits per heavy atom. The van der Waals surface area contributed by atoms with Crippen molar-refractivity contribution in [3.8, 4) is 5.75 Å². The van der Waals surface area contributed by atoms with Gasteiger partial charge in [0.25, 0.3) is 0 Å². The summed E-state index contributed by atoms with van der Waals surface area (Å²) >= 11 is 11.6. The molecule has 3 N–H and O–H groups in total. The topological polar surface area (TPSA) is 61.4 Å². The second-order valence-electron chi connectivity index (χ2n) is 4.85. The number of aromatic hydroxyl groups is 1. The van der Waals surface area contributed by atoms with Crippen molar-refractivity contribution in [2.75, 3.05) is 11.9 Å². The van der Waals surface area contributed by atoms with Gasteiger partial charge in [0, 0.05) is 17.6 Å². The van der Waals surface area contributed by atoms with E-state index in [1.54, 1.807) is 0 Å². The summed E-state index contributed by atoms with van der Waals surface area (Å²) in [5.41, 5.74) is 0.504. The van der Waals surface area contributed by atoms with E-state index in [1.807, 2.05) is 0 Å². The molecule has 0 saturated carbocycles. The first-order valence-electron chi connectivity index (χ1n) is 6.19. The number of rotatable bonds is 2. The molecule has 1 aliphatic rings. The smallest absolute Gasteiger partial charge is 0.227 e. The molecule has 0 aromatic heterocycles. The van der Waals surface area contributed by atoms with Crippen LogP contribution in [0.1, 0.15) is 19.8 Å². The van der Waals surface area contributed by atoms with Crippen LogP contribution in [0.4, 0.5) is 5.69 Å². The van der Waals surface area contributed by atoms with E-state index in [-0.39, 0.29) is 27.6 Å². The predicted octanol–water partition coefficient (Wildman–Crippen LogP) is 3.03. The van der Waals surface area contributed by atoms with Crippen molar-refractivity contribution in [2.45, 2.75) is 25.8 Å². The minimum Gasteiger partial charge on any atom is -0.505 e. The molecule has 1 amide bonds. The van der Waals surface area contributed by atoms with Crippen molar-refractivity contribution in [2.24, 2.45) is 5.92 Å². The van der Waals surface area contributed by atoms with Gasteiger partial charge in [-0.05, 0) is 38.4 Å². The maximum Gasteiger partial charge on any atom is 0.227 e. The van der Waals surface area contributed by atoms with Gasteiger partial charge < -0.3 is 15.7 Å². The fraction of sp³-hybridized carbons (Fsp3) is 0.462. The van der Waals surface area contributed by atoms with E-state index in [0.717, 1.165) is 19.4 Å². The minimum atomic E-state index is -0.170. The van der Waals surface area contributed by atoms with Crippen LogP contribution >= 0.6 is 23.2 Å². The van der Waals surface area contributed by atoms with Gasteiger partial charge in [-0.3, -0.25) is 4.79 Å². The Labute approximate surface area is 122 Å². The standard InChI is InChI=1S/C13H16Cl2N2O2/c1-7-4-8(2-3-16-7)13(19)17-9-5-10(14)12(18)11(15)6-9/h5-8,16,18H,2-4H2,1H3,(H,17,19). The average molecular weight is 303 g/mol. The van der Waals surface area contributed by atoms with Gasteiger partial charge in [-0.25, -0.2) is 0 Å². The van der Waals surface area contributed by atoms with Crippen LogP contribution in [-0.4, -0.2) is 23.6 Å². The molecule has 0 bridgehead atoms. The Morgan fingerprint density at radius 3 is 2.63 bits per heavy atom. The number of amides is 1. The van der Waals surface area contributed by atoms with Gasteiger partial charge in [0.1, 0.15) is 0 Å². The molecule has 1 fully saturated rings. The number of piperidine rings is 1. The summed E-state index contributed by atoms with van der Waals surface area (Å²) in [5, 5.41) is 15.8. The Balaban J connectivity index is 2.06. The SMILES string of the molecule is CC1CC(C(=O)Nc2cc(Cl)c(O)c(Cl)c2)CCN1. The van der Waals surface area contributed by atoms with Crippen molar-refractivity contribution >= 4 is 34.8 Å². The van der Waals surface area contributed by atoms with Crippen LogP contribution in [0.5, 0.6) is 5.75 Å². The van der Waals surface area contributed by atoms with Gasteiger partial charge in [0.15, 0.2) is 5.75 Å². The molecule has 0 spiro atoms. The lowest BCUT2D eigenvalue weighted by atomic mass is 9.92. The number of carbonyl (C=O) groups is 1. The minimum absolute atomic E-state index is 0.0115. The number of hydrogen-bond acceptors (Lipinski definition) is 3. The summed E-state index contributed by atoms with van der Waals surface area (Å²) < 4.78 is 0. The third kappa shape index (κ3) is 3.53. The molecular weight excluding hydrogens is 287 g/mol. The van der Waals surface area contributed by atoms with Crippen LogP contribution in [0.15, 0.2) is 12.1 Å². The van der Waals surface area contributed by atoms with Gasteiger partial charge in [0.2, 0.25) is 5.91 Å².